The summed E-state index contributed by atoms with van der Waals surface area (Å²) in [7, 11) is 0. The van der Waals surface area contributed by atoms with Gasteiger partial charge in [0.15, 0.2) is 0 Å². The van der Waals surface area contributed by atoms with Crippen molar-refractivity contribution in [3.63, 3.8) is 0 Å². The number of amides is 2. The van der Waals surface area contributed by atoms with Gasteiger partial charge >= 0.3 is 0 Å². The van der Waals surface area contributed by atoms with Crippen LogP contribution in [-0.2, 0) is 9.59 Å². The first kappa shape index (κ1) is 10.9. The topological polar surface area (TPSA) is 50.3 Å². The average molecular weight is 295 g/mol. The molecule has 1 aromatic heterocycles. The van der Waals surface area contributed by atoms with Crippen LogP contribution in [0, 0.1) is 11.8 Å². The predicted octanol–water partition coefficient (Wildman–Crippen LogP) is 2.13. The van der Waals surface area contributed by atoms with Crippen LogP contribution < -0.4 is 4.90 Å². The minimum absolute atomic E-state index is 0.0125. The lowest BCUT2D eigenvalue weighted by Gasteiger charge is -2.28. The quantitative estimate of drug-likeness (QED) is 0.589. The molecule has 1 saturated heterocycles. The number of hydrogen-bond acceptors (Lipinski definition) is 3. The number of nitrogens with zero attached hydrogens (tertiary/aromatic N) is 2. The van der Waals surface area contributed by atoms with E-state index in [-0.39, 0.29) is 23.7 Å². The van der Waals surface area contributed by atoms with E-state index < -0.39 is 0 Å². The Morgan fingerprint density at radius 2 is 1.82 bits per heavy atom. The van der Waals surface area contributed by atoms with Crippen molar-refractivity contribution in [2.75, 3.05) is 4.90 Å². The summed E-state index contributed by atoms with van der Waals surface area (Å²) in [6.45, 7) is 0. The molecule has 2 unspecified atom stereocenters. The minimum atomic E-state index is -0.0886. The SMILES string of the molecule is O=C1C2CCC(C2)C(=O)N1c1cccc(Br)n1. The summed E-state index contributed by atoms with van der Waals surface area (Å²) in [5, 5.41) is 0. The predicted molar refractivity (Wildman–Crippen MR) is 65.3 cm³/mol. The van der Waals surface area contributed by atoms with Crippen molar-refractivity contribution in [1.29, 1.82) is 0 Å². The second kappa shape index (κ2) is 3.91. The molecule has 3 rings (SSSR count). The normalized spacial score (nSPS) is 27.7. The number of carbonyl (C=O) groups excluding carboxylic acids is 2. The van der Waals surface area contributed by atoms with Crippen LogP contribution in [-0.4, -0.2) is 16.8 Å². The van der Waals surface area contributed by atoms with E-state index in [1.54, 1.807) is 18.2 Å². The van der Waals surface area contributed by atoms with E-state index >= 15 is 0 Å². The number of anilines is 1. The molecule has 2 heterocycles. The Balaban J connectivity index is 2.02. The zero-order chi connectivity index (χ0) is 12.0. The third-order valence-corrected chi connectivity index (χ3v) is 3.94. The van der Waals surface area contributed by atoms with Gasteiger partial charge in [-0.1, -0.05) is 6.07 Å². The van der Waals surface area contributed by atoms with Crippen LogP contribution in [0.25, 0.3) is 0 Å². The largest absolute Gasteiger partial charge is 0.274 e. The lowest BCUT2D eigenvalue weighted by Crippen LogP contribution is -2.46. The standard InChI is InChI=1S/C12H11BrN2O2/c13-9-2-1-3-10(14-9)15-11(16)7-4-5-8(6-7)12(15)17/h1-3,7-8H,4-6H2. The molecule has 2 amide bonds. The average Bonchev–Trinajstić information content (AvgIpc) is 2.74. The molecular weight excluding hydrogens is 284 g/mol. The molecule has 88 valence electrons. The molecule has 2 atom stereocenters. The van der Waals surface area contributed by atoms with Crippen molar-refractivity contribution in [2.24, 2.45) is 11.8 Å². The van der Waals surface area contributed by atoms with Crippen LogP contribution in [0.5, 0.6) is 0 Å². The Hall–Kier alpha value is -1.23. The van der Waals surface area contributed by atoms with Gasteiger partial charge in [-0.25, -0.2) is 9.88 Å². The van der Waals surface area contributed by atoms with Crippen LogP contribution in [0.15, 0.2) is 22.8 Å². The molecule has 17 heavy (non-hydrogen) atoms. The molecule has 2 aliphatic rings. The number of piperidine rings is 1. The van der Waals surface area contributed by atoms with Crippen molar-refractivity contribution in [3.05, 3.63) is 22.8 Å². The third kappa shape index (κ3) is 1.69. The van der Waals surface area contributed by atoms with E-state index in [2.05, 4.69) is 20.9 Å². The second-order valence-electron chi connectivity index (χ2n) is 4.54. The minimum Gasteiger partial charge on any atom is -0.274 e. The van der Waals surface area contributed by atoms with Gasteiger partial charge in [0.1, 0.15) is 10.4 Å². The highest BCUT2D eigenvalue weighted by Gasteiger charge is 2.46. The number of fused-ring (bicyclic) bond motifs is 2. The van der Waals surface area contributed by atoms with Gasteiger partial charge in [0.05, 0.1) is 0 Å². The van der Waals surface area contributed by atoms with E-state index in [9.17, 15) is 9.59 Å². The molecule has 1 aliphatic carbocycles. The molecule has 2 fully saturated rings. The Morgan fingerprint density at radius 3 is 2.41 bits per heavy atom. The van der Waals surface area contributed by atoms with E-state index in [0.717, 1.165) is 19.3 Å². The lowest BCUT2D eigenvalue weighted by molar-refractivity contribution is -0.133. The van der Waals surface area contributed by atoms with Gasteiger partial charge in [0.25, 0.3) is 0 Å². The van der Waals surface area contributed by atoms with Gasteiger partial charge in [-0.05, 0) is 47.3 Å². The zero-order valence-electron chi connectivity index (χ0n) is 9.10. The number of hydrogen-bond donors (Lipinski definition) is 0. The number of carbonyl (C=O) groups is 2. The van der Waals surface area contributed by atoms with Crippen LogP contribution in [0.2, 0.25) is 0 Å². The molecule has 5 heteroatoms. The van der Waals surface area contributed by atoms with Crippen molar-refractivity contribution in [2.45, 2.75) is 19.3 Å². The first-order chi connectivity index (χ1) is 8.16. The van der Waals surface area contributed by atoms with Crippen molar-refractivity contribution >= 4 is 33.6 Å². The number of rotatable bonds is 1. The Bertz CT molecular complexity index is 481. The van der Waals surface area contributed by atoms with E-state index in [4.69, 9.17) is 0 Å². The fraction of sp³-hybridized carbons (Fsp3) is 0.417. The van der Waals surface area contributed by atoms with Crippen LogP contribution >= 0.6 is 15.9 Å². The summed E-state index contributed by atoms with van der Waals surface area (Å²) < 4.78 is 0.633. The fourth-order valence-corrected chi connectivity index (χ4v) is 2.99. The highest BCUT2D eigenvalue weighted by molar-refractivity contribution is 9.10. The van der Waals surface area contributed by atoms with Crippen molar-refractivity contribution < 1.29 is 9.59 Å². The molecule has 1 aliphatic heterocycles. The smallest absolute Gasteiger partial charge is 0.238 e. The summed E-state index contributed by atoms with van der Waals surface area (Å²) in [6, 6.07) is 5.26. The second-order valence-corrected chi connectivity index (χ2v) is 5.35. The maximum Gasteiger partial charge on any atom is 0.238 e. The van der Waals surface area contributed by atoms with Crippen LogP contribution in [0.3, 0.4) is 0 Å². The number of halogens is 1. The summed E-state index contributed by atoms with van der Waals surface area (Å²) in [6.07, 6.45) is 2.39. The van der Waals surface area contributed by atoms with Crippen molar-refractivity contribution in [3.8, 4) is 0 Å². The zero-order valence-corrected chi connectivity index (χ0v) is 10.7. The van der Waals surface area contributed by atoms with Gasteiger partial charge in [-0.3, -0.25) is 9.59 Å². The van der Waals surface area contributed by atoms with Gasteiger partial charge in [0, 0.05) is 11.8 Å². The molecule has 1 aromatic rings. The first-order valence-electron chi connectivity index (χ1n) is 5.67. The maximum atomic E-state index is 12.2. The highest BCUT2D eigenvalue weighted by Crippen LogP contribution is 2.39. The van der Waals surface area contributed by atoms with E-state index in [1.807, 2.05) is 0 Å². The molecular formula is C12H11BrN2O2. The molecule has 2 bridgehead atoms. The Kier molecular flexibility index (Phi) is 2.50. The van der Waals surface area contributed by atoms with Gasteiger partial charge in [-0.15, -0.1) is 0 Å². The third-order valence-electron chi connectivity index (χ3n) is 3.50. The molecule has 0 radical (unpaired) electrons. The fourth-order valence-electron chi connectivity index (χ4n) is 2.65. The summed E-state index contributed by atoms with van der Waals surface area (Å²) in [4.78, 5) is 29.8. The van der Waals surface area contributed by atoms with Crippen LogP contribution in [0.1, 0.15) is 19.3 Å². The van der Waals surface area contributed by atoms with E-state index in [1.165, 1.54) is 4.90 Å². The summed E-state index contributed by atoms with van der Waals surface area (Å²) in [5.74, 6) is 0.284. The number of aromatic nitrogens is 1. The summed E-state index contributed by atoms with van der Waals surface area (Å²) >= 11 is 3.25. The molecule has 0 aromatic carbocycles. The number of imide groups is 1. The molecule has 0 N–H and O–H groups in total. The monoisotopic (exact) mass is 294 g/mol. The van der Waals surface area contributed by atoms with Crippen molar-refractivity contribution in [1.82, 2.24) is 4.98 Å². The molecule has 1 saturated carbocycles. The lowest BCUT2D eigenvalue weighted by atomic mass is 9.97. The first-order valence-corrected chi connectivity index (χ1v) is 6.46. The summed E-state index contributed by atoms with van der Waals surface area (Å²) in [5.41, 5.74) is 0. The number of pyridine rings is 1. The Morgan fingerprint density at radius 1 is 1.18 bits per heavy atom. The molecule has 4 nitrogen and oxygen atoms in total. The van der Waals surface area contributed by atoms with Gasteiger partial charge < -0.3 is 0 Å². The van der Waals surface area contributed by atoms with E-state index in [0.29, 0.717) is 10.4 Å². The van der Waals surface area contributed by atoms with Crippen LogP contribution in [0.4, 0.5) is 5.82 Å². The van der Waals surface area contributed by atoms with Gasteiger partial charge in [0.2, 0.25) is 11.8 Å². The molecule has 0 spiro atoms. The van der Waals surface area contributed by atoms with Gasteiger partial charge in [-0.2, -0.15) is 0 Å². The highest BCUT2D eigenvalue weighted by atomic mass is 79.9. The maximum absolute atomic E-state index is 12.2. The Labute approximate surface area is 107 Å².